The van der Waals surface area contributed by atoms with Gasteiger partial charge in [0.2, 0.25) is 0 Å². The molecule has 6 saturated heterocycles. The van der Waals surface area contributed by atoms with Crippen molar-refractivity contribution in [2.75, 3.05) is 39.6 Å². The van der Waals surface area contributed by atoms with E-state index in [2.05, 4.69) is 93.2 Å². The van der Waals surface area contributed by atoms with E-state index >= 15 is 0 Å². The van der Waals surface area contributed by atoms with Crippen LogP contribution in [-0.4, -0.2) is 124 Å². The first-order chi connectivity index (χ1) is 36.3. The first-order valence-electron chi connectivity index (χ1n) is 28.4. The van der Waals surface area contributed by atoms with Crippen molar-refractivity contribution in [2.45, 2.75) is 223 Å². The molecule has 3 aromatic rings. The molecule has 420 valence electrons. The molecule has 11 atom stereocenters. The van der Waals surface area contributed by atoms with Gasteiger partial charge in [-0.25, -0.2) is 0 Å². The molecular weight excluding hydrogens is 969 g/mol. The molecule has 0 saturated carbocycles. The molecule has 14 nitrogen and oxygen atoms in total. The molecule has 76 heavy (non-hydrogen) atoms. The maximum atomic E-state index is 6.51. The van der Waals surface area contributed by atoms with Gasteiger partial charge in [-0.15, -0.1) is 0 Å². The van der Waals surface area contributed by atoms with Crippen LogP contribution in [0.4, 0.5) is 0 Å². The van der Waals surface area contributed by atoms with Gasteiger partial charge in [0.25, 0.3) is 0 Å². The number of fused-ring (bicyclic) bond motifs is 2. The summed E-state index contributed by atoms with van der Waals surface area (Å²) in [5.41, 5.74) is 4.90. The third kappa shape index (κ3) is 14.1. The number of rotatable bonds is 27. The lowest BCUT2D eigenvalue weighted by Gasteiger charge is -2.38. The zero-order valence-electron chi connectivity index (χ0n) is 47.1. The summed E-state index contributed by atoms with van der Waals surface area (Å²) in [5.74, 6) is -0.616. The molecule has 6 heterocycles. The summed E-state index contributed by atoms with van der Waals surface area (Å²) in [6.07, 6.45) is 7.92. The summed E-state index contributed by atoms with van der Waals surface area (Å²) in [5, 5.41) is 0. The minimum absolute atomic E-state index is 0.209. The van der Waals surface area contributed by atoms with Crippen molar-refractivity contribution in [3.8, 4) is 11.5 Å². The van der Waals surface area contributed by atoms with Crippen LogP contribution in [0.25, 0.3) is 6.08 Å². The summed E-state index contributed by atoms with van der Waals surface area (Å²) >= 11 is 0. The summed E-state index contributed by atoms with van der Waals surface area (Å²) in [6.45, 7) is 27.0. The second-order valence-electron chi connectivity index (χ2n) is 23.7. The molecule has 0 aliphatic carbocycles. The van der Waals surface area contributed by atoms with Gasteiger partial charge in [0.05, 0.1) is 26.4 Å². The number of hydrogen-bond donors (Lipinski definition) is 0. The molecular formula is C62H88O14. The topological polar surface area (TPSA) is 129 Å². The predicted octanol–water partition coefficient (Wildman–Crippen LogP) is 11.6. The normalized spacial score (nSPS) is 30.3. The first kappa shape index (κ1) is 57.2. The lowest BCUT2D eigenvalue weighted by Crippen LogP contribution is -2.44. The first-order valence-corrected chi connectivity index (χ1v) is 28.4. The highest BCUT2D eigenvalue weighted by atomic mass is 16.9. The number of hydrogen-bond acceptors (Lipinski definition) is 14. The van der Waals surface area contributed by atoms with Gasteiger partial charge < -0.3 is 66.3 Å². The molecule has 0 spiro atoms. The van der Waals surface area contributed by atoms with Crippen LogP contribution in [-0.2, 0) is 68.7 Å². The van der Waals surface area contributed by atoms with Crippen molar-refractivity contribution in [1.29, 1.82) is 0 Å². The van der Waals surface area contributed by atoms with Crippen molar-refractivity contribution in [1.82, 2.24) is 0 Å². The Balaban J connectivity index is 0.804. The quantitative estimate of drug-likeness (QED) is 0.0672. The number of aryl methyl sites for hydroxylation is 1. The zero-order chi connectivity index (χ0) is 53.7. The third-order valence-electron chi connectivity index (χ3n) is 15.8. The summed E-state index contributed by atoms with van der Waals surface area (Å²) in [7, 11) is 0. The molecule has 0 N–H and O–H groups in total. The van der Waals surface area contributed by atoms with E-state index < -0.39 is 35.7 Å². The Labute approximate surface area is 452 Å². The zero-order valence-corrected chi connectivity index (χ0v) is 47.1. The molecule has 0 radical (unpaired) electrons. The van der Waals surface area contributed by atoms with Gasteiger partial charge in [0.1, 0.15) is 60.3 Å². The molecule has 6 aliphatic heterocycles. The second-order valence-corrected chi connectivity index (χ2v) is 23.7. The Morgan fingerprint density at radius 1 is 0.553 bits per heavy atom. The van der Waals surface area contributed by atoms with Crippen molar-refractivity contribution in [2.24, 2.45) is 5.92 Å². The Hall–Kier alpha value is -3.48. The standard InChI is InChI=1S/C62H88O14/c1-12-41(3)38-62(33-15-14-20-43-23-21-42(13-2)22-24-43,44-25-29-46(30-26-44)63-34-16-18-36-65-52-50(48-39-67-58(4,5)71-48)69-56-54(52)73-60(8,9)75-56)45-27-31-47(32-28-45)64-35-17-19-37-66-53-51(49-40-68-59(6,7)72-49)70-57-55(53)74-61(10,11)76-57/h13,21-32,41,48-57H,2,12,14-20,33-40H2,1,3-11H3/t41?,48-,49-,50-,51-,52+,53+,54-,55-,56-,57-/m1/s1. The van der Waals surface area contributed by atoms with Gasteiger partial charge >= 0.3 is 0 Å². The molecule has 6 fully saturated rings. The molecule has 14 heteroatoms. The van der Waals surface area contributed by atoms with Gasteiger partial charge in [-0.05, 0) is 159 Å². The number of ether oxygens (including phenoxy) is 14. The molecule has 1 unspecified atom stereocenters. The molecule has 6 aliphatic rings. The molecule has 0 amide bonds. The lowest BCUT2D eigenvalue weighted by molar-refractivity contribution is -0.236. The smallest absolute Gasteiger partial charge is 0.190 e. The second kappa shape index (κ2) is 24.5. The van der Waals surface area contributed by atoms with E-state index in [1.807, 2.05) is 61.5 Å². The summed E-state index contributed by atoms with van der Waals surface area (Å²) in [4.78, 5) is 0. The van der Waals surface area contributed by atoms with Crippen molar-refractivity contribution in [3.05, 3.63) is 102 Å². The van der Waals surface area contributed by atoms with Gasteiger partial charge in [-0.3, -0.25) is 0 Å². The van der Waals surface area contributed by atoms with E-state index in [0.29, 0.717) is 45.6 Å². The fraction of sp³-hybridized carbons (Fsp3) is 0.677. The molecule has 3 aromatic carbocycles. The highest BCUT2D eigenvalue weighted by molar-refractivity contribution is 5.47. The minimum atomic E-state index is -0.745. The summed E-state index contributed by atoms with van der Waals surface area (Å²) in [6, 6.07) is 26.5. The molecule has 0 aromatic heterocycles. The van der Waals surface area contributed by atoms with Crippen LogP contribution in [0.2, 0.25) is 0 Å². The minimum Gasteiger partial charge on any atom is -0.494 e. The van der Waals surface area contributed by atoms with Crippen molar-refractivity contribution >= 4 is 6.08 Å². The predicted molar refractivity (Wildman–Crippen MR) is 288 cm³/mol. The SMILES string of the molecule is C=Cc1ccc(CCCCC(CC(C)CC)(c2ccc(OCCCCO[C@@H]3[C@H]4OC(C)(C)O[C@H]4O[C@@H]3[C@H]3COC(C)(C)O3)cc2)c2ccc(OCCCCO[C@@H]3[C@H]4OC(C)(C)O[C@H]4O[C@@H]3[C@H]3COC(C)(C)O3)cc2)cc1. The van der Waals surface area contributed by atoms with Crippen molar-refractivity contribution in [3.63, 3.8) is 0 Å². The maximum Gasteiger partial charge on any atom is 0.190 e. The maximum absolute atomic E-state index is 6.51. The van der Waals surface area contributed by atoms with Crippen LogP contribution in [0.15, 0.2) is 79.4 Å². The highest BCUT2D eigenvalue weighted by Gasteiger charge is 2.60. The van der Waals surface area contributed by atoms with E-state index in [9.17, 15) is 0 Å². The van der Waals surface area contributed by atoms with E-state index in [0.717, 1.165) is 81.3 Å². The van der Waals surface area contributed by atoms with E-state index in [1.165, 1.54) is 16.7 Å². The number of unbranched alkanes of at least 4 members (excludes halogenated alkanes) is 3. The lowest BCUT2D eigenvalue weighted by atomic mass is 9.66. The van der Waals surface area contributed by atoms with Gasteiger partial charge in [-0.1, -0.05) is 87.9 Å². The molecule has 9 rings (SSSR count). The van der Waals surface area contributed by atoms with Gasteiger partial charge in [0.15, 0.2) is 35.7 Å². The average Bonchev–Trinajstić information content (AvgIpc) is 4.25. The summed E-state index contributed by atoms with van der Waals surface area (Å²) < 4.78 is 87.2. The van der Waals surface area contributed by atoms with Crippen LogP contribution in [0.1, 0.15) is 149 Å². The third-order valence-corrected chi connectivity index (χ3v) is 15.8. The highest BCUT2D eigenvalue weighted by Crippen LogP contribution is 2.46. The Morgan fingerprint density at radius 2 is 1.01 bits per heavy atom. The van der Waals surface area contributed by atoms with Crippen LogP contribution in [0, 0.1) is 5.92 Å². The van der Waals surface area contributed by atoms with Gasteiger partial charge in [-0.2, -0.15) is 0 Å². The number of benzene rings is 3. The monoisotopic (exact) mass is 1060 g/mol. The van der Waals surface area contributed by atoms with Crippen LogP contribution in [0.5, 0.6) is 11.5 Å². The fourth-order valence-corrected chi connectivity index (χ4v) is 11.8. The largest absolute Gasteiger partial charge is 0.494 e. The van der Waals surface area contributed by atoms with Crippen LogP contribution < -0.4 is 9.47 Å². The van der Waals surface area contributed by atoms with Crippen LogP contribution in [0.3, 0.4) is 0 Å². The van der Waals surface area contributed by atoms with Crippen LogP contribution >= 0.6 is 0 Å². The van der Waals surface area contributed by atoms with Crippen molar-refractivity contribution < 1.29 is 66.3 Å². The Bertz CT molecular complexity index is 2170. The average molecular weight is 1060 g/mol. The van der Waals surface area contributed by atoms with E-state index in [4.69, 9.17) is 66.3 Å². The molecule has 0 bridgehead atoms. The Morgan fingerprint density at radius 3 is 1.43 bits per heavy atom. The van der Waals surface area contributed by atoms with E-state index in [-0.39, 0.29) is 54.2 Å². The fourth-order valence-electron chi connectivity index (χ4n) is 11.8. The van der Waals surface area contributed by atoms with E-state index in [1.54, 1.807) is 0 Å². The Kier molecular flexibility index (Phi) is 18.4. The van der Waals surface area contributed by atoms with Gasteiger partial charge in [0, 0.05) is 18.6 Å².